The minimum Gasteiger partial charge on any atom is -0.384 e. The highest BCUT2D eigenvalue weighted by atomic mass is 16.2. The molecule has 20 heavy (non-hydrogen) atoms. The summed E-state index contributed by atoms with van der Waals surface area (Å²) in [5.41, 5.74) is 2.70. The smallest absolute Gasteiger partial charge is 0.274 e. The van der Waals surface area contributed by atoms with E-state index in [9.17, 15) is 4.79 Å². The predicted octanol–water partition coefficient (Wildman–Crippen LogP) is 1.99. The Morgan fingerprint density at radius 2 is 2.05 bits per heavy atom. The lowest BCUT2D eigenvalue weighted by Crippen LogP contribution is -2.14. The Labute approximate surface area is 117 Å². The fourth-order valence-corrected chi connectivity index (χ4v) is 1.69. The monoisotopic (exact) mass is 266 g/mol. The van der Waals surface area contributed by atoms with Crippen LogP contribution in [0.15, 0.2) is 42.6 Å². The highest BCUT2D eigenvalue weighted by molar-refractivity contribution is 6.03. The number of aromatic nitrogens is 1. The molecule has 0 unspecified atom stereocenters. The fraction of sp³-hybridized carbons (Fsp3) is 0.125. The van der Waals surface area contributed by atoms with Crippen LogP contribution in [0, 0.1) is 18.8 Å². The normalized spacial score (nSPS) is 9.50. The van der Waals surface area contributed by atoms with Crippen LogP contribution >= 0.6 is 0 Å². The van der Waals surface area contributed by atoms with E-state index in [-0.39, 0.29) is 12.5 Å². The van der Waals surface area contributed by atoms with Crippen molar-refractivity contribution in [2.45, 2.75) is 6.92 Å². The van der Waals surface area contributed by atoms with Crippen LogP contribution in [0.1, 0.15) is 21.6 Å². The molecule has 100 valence electrons. The van der Waals surface area contributed by atoms with Crippen molar-refractivity contribution >= 4 is 11.6 Å². The molecule has 4 nitrogen and oxygen atoms in total. The van der Waals surface area contributed by atoms with Gasteiger partial charge in [-0.2, -0.15) is 0 Å². The number of anilines is 1. The van der Waals surface area contributed by atoms with Crippen LogP contribution in [0.4, 0.5) is 5.69 Å². The second-order valence-corrected chi connectivity index (χ2v) is 4.16. The summed E-state index contributed by atoms with van der Waals surface area (Å²) in [5.74, 6) is 5.12. The molecule has 1 amide bonds. The summed E-state index contributed by atoms with van der Waals surface area (Å²) < 4.78 is 0. The van der Waals surface area contributed by atoms with E-state index in [0.29, 0.717) is 11.4 Å². The maximum atomic E-state index is 12.1. The zero-order valence-corrected chi connectivity index (χ0v) is 11.1. The Hall–Kier alpha value is -2.64. The molecule has 0 saturated heterocycles. The molecule has 1 aromatic carbocycles. The zero-order chi connectivity index (χ0) is 14.4. The van der Waals surface area contributed by atoms with Crippen molar-refractivity contribution in [2.75, 3.05) is 11.9 Å². The summed E-state index contributed by atoms with van der Waals surface area (Å²) in [6, 6.07) is 10.7. The summed E-state index contributed by atoms with van der Waals surface area (Å²) in [4.78, 5) is 16.1. The van der Waals surface area contributed by atoms with E-state index >= 15 is 0 Å². The SMILES string of the molecule is Cc1cccnc1C(=O)Nc1ccc(C#CCO)cc1. The van der Waals surface area contributed by atoms with Crippen molar-refractivity contribution in [3.8, 4) is 11.8 Å². The molecule has 0 saturated carbocycles. The number of aryl methyl sites for hydroxylation is 1. The van der Waals surface area contributed by atoms with Gasteiger partial charge in [0.2, 0.25) is 0 Å². The van der Waals surface area contributed by atoms with Crippen LogP contribution in [0.25, 0.3) is 0 Å². The van der Waals surface area contributed by atoms with Gasteiger partial charge in [0.15, 0.2) is 0 Å². The van der Waals surface area contributed by atoms with E-state index in [1.807, 2.05) is 13.0 Å². The molecule has 1 aromatic heterocycles. The fourth-order valence-electron chi connectivity index (χ4n) is 1.69. The van der Waals surface area contributed by atoms with Crippen molar-refractivity contribution in [1.82, 2.24) is 4.98 Å². The average molecular weight is 266 g/mol. The Morgan fingerprint density at radius 3 is 2.70 bits per heavy atom. The van der Waals surface area contributed by atoms with Crippen LogP contribution in [-0.4, -0.2) is 22.6 Å². The van der Waals surface area contributed by atoms with E-state index in [0.717, 1.165) is 11.1 Å². The lowest BCUT2D eigenvalue weighted by Gasteiger charge is -2.06. The van der Waals surface area contributed by atoms with Crippen molar-refractivity contribution < 1.29 is 9.90 Å². The summed E-state index contributed by atoms with van der Waals surface area (Å²) in [5, 5.41) is 11.4. The first-order valence-corrected chi connectivity index (χ1v) is 6.13. The lowest BCUT2D eigenvalue weighted by atomic mass is 10.2. The Bertz CT molecular complexity index is 667. The number of rotatable bonds is 2. The van der Waals surface area contributed by atoms with Gasteiger partial charge in [0.1, 0.15) is 12.3 Å². The van der Waals surface area contributed by atoms with Gasteiger partial charge in [-0.05, 0) is 42.8 Å². The lowest BCUT2D eigenvalue weighted by molar-refractivity contribution is 0.102. The molecule has 0 bridgehead atoms. The van der Waals surface area contributed by atoms with E-state index in [2.05, 4.69) is 22.1 Å². The van der Waals surface area contributed by atoms with Crippen LogP contribution in [-0.2, 0) is 0 Å². The summed E-state index contributed by atoms with van der Waals surface area (Å²) in [6.07, 6.45) is 1.59. The Morgan fingerprint density at radius 1 is 1.30 bits per heavy atom. The molecule has 0 aliphatic carbocycles. The number of nitrogens with zero attached hydrogens (tertiary/aromatic N) is 1. The number of aliphatic hydroxyl groups excluding tert-OH is 1. The molecule has 0 radical (unpaired) electrons. The van der Waals surface area contributed by atoms with Gasteiger partial charge in [0.25, 0.3) is 5.91 Å². The highest BCUT2D eigenvalue weighted by Crippen LogP contribution is 2.11. The van der Waals surface area contributed by atoms with Crippen LogP contribution in [0.5, 0.6) is 0 Å². The molecule has 2 N–H and O–H groups in total. The molecule has 0 atom stereocenters. The van der Waals surface area contributed by atoms with Crippen LogP contribution in [0.3, 0.4) is 0 Å². The average Bonchev–Trinajstić information content (AvgIpc) is 2.47. The maximum Gasteiger partial charge on any atom is 0.274 e. The molecule has 2 rings (SSSR count). The third-order valence-corrected chi connectivity index (χ3v) is 2.68. The van der Waals surface area contributed by atoms with Gasteiger partial charge < -0.3 is 10.4 Å². The number of aliphatic hydroxyl groups is 1. The minimum absolute atomic E-state index is 0.169. The quantitative estimate of drug-likeness (QED) is 0.817. The third-order valence-electron chi connectivity index (χ3n) is 2.68. The predicted molar refractivity (Wildman–Crippen MR) is 77.3 cm³/mol. The Kier molecular flexibility index (Phi) is 4.48. The molecular formula is C16H14N2O2. The van der Waals surface area contributed by atoms with E-state index in [1.165, 1.54) is 0 Å². The molecule has 1 heterocycles. The number of hydrogen-bond donors (Lipinski definition) is 2. The Balaban J connectivity index is 2.11. The summed E-state index contributed by atoms with van der Waals surface area (Å²) in [7, 11) is 0. The van der Waals surface area contributed by atoms with E-state index < -0.39 is 0 Å². The summed E-state index contributed by atoms with van der Waals surface area (Å²) >= 11 is 0. The summed E-state index contributed by atoms with van der Waals surface area (Å²) in [6.45, 7) is 1.67. The molecule has 4 heteroatoms. The zero-order valence-electron chi connectivity index (χ0n) is 11.1. The molecular weight excluding hydrogens is 252 g/mol. The molecule has 2 aromatic rings. The number of amides is 1. The van der Waals surface area contributed by atoms with Gasteiger partial charge in [-0.1, -0.05) is 17.9 Å². The number of carbonyl (C=O) groups is 1. The number of pyridine rings is 1. The van der Waals surface area contributed by atoms with Crippen LogP contribution < -0.4 is 5.32 Å². The molecule has 0 fully saturated rings. The van der Waals surface area contributed by atoms with Gasteiger partial charge in [-0.25, -0.2) is 0 Å². The van der Waals surface area contributed by atoms with E-state index in [4.69, 9.17) is 5.11 Å². The number of nitrogens with one attached hydrogen (secondary N) is 1. The van der Waals surface area contributed by atoms with Crippen molar-refractivity contribution in [2.24, 2.45) is 0 Å². The van der Waals surface area contributed by atoms with Crippen molar-refractivity contribution in [1.29, 1.82) is 0 Å². The molecule has 0 spiro atoms. The first-order valence-electron chi connectivity index (χ1n) is 6.13. The number of carbonyl (C=O) groups excluding carboxylic acids is 1. The first-order chi connectivity index (χ1) is 9.70. The van der Waals surface area contributed by atoms with Gasteiger partial charge >= 0.3 is 0 Å². The highest BCUT2D eigenvalue weighted by Gasteiger charge is 2.09. The topological polar surface area (TPSA) is 62.2 Å². The van der Waals surface area contributed by atoms with E-state index in [1.54, 1.807) is 36.5 Å². The maximum absolute atomic E-state index is 12.1. The van der Waals surface area contributed by atoms with Gasteiger partial charge in [-0.15, -0.1) is 0 Å². The molecule has 0 aliphatic heterocycles. The third kappa shape index (κ3) is 3.44. The second kappa shape index (κ2) is 6.50. The largest absolute Gasteiger partial charge is 0.384 e. The number of benzene rings is 1. The van der Waals surface area contributed by atoms with Crippen molar-refractivity contribution in [3.63, 3.8) is 0 Å². The standard InChI is InChI=1S/C16H14N2O2/c1-12-4-2-10-17-15(12)16(20)18-14-8-6-13(7-9-14)5-3-11-19/h2,4,6-10,19H,11H2,1H3,(H,18,20). The van der Waals surface area contributed by atoms with Gasteiger partial charge in [-0.3, -0.25) is 9.78 Å². The van der Waals surface area contributed by atoms with Gasteiger partial charge in [0.05, 0.1) is 0 Å². The minimum atomic E-state index is -0.239. The number of hydrogen-bond acceptors (Lipinski definition) is 3. The van der Waals surface area contributed by atoms with Crippen molar-refractivity contribution in [3.05, 3.63) is 59.4 Å². The molecule has 0 aliphatic rings. The van der Waals surface area contributed by atoms with Gasteiger partial charge in [0, 0.05) is 17.4 Å². The van der Waals surface area contributed by atoms with Crippen LogP contribution in [0.2, 0.25) is 0 Å². The second-order valence-electron chi connectivity index (χ2n) is 4.16. The first kappa shape index (κ1) is 13.8.